The highest BCUT2D eigenvalue weighted by Crippen LogP contribution is 2.53. The molecule has 4 aromatic heterocycles. The first-order chi connectivity index (χ1) is 21.7. The number of aliphatic hydroxyl groups excluding tert-OH is 2. The molecule has 3 fully saturated rings. The third-order valence-electron chi connectivity index (χ3n) is 7.38. The van der Waals surface area contributed by atoms with Gasteiger partial charge in [-0.3, -0.25) is 46.8 Å². The Bertz CT molecular complexity index is 1900. The van der Waals surface area contributed by atoms with E-state index in [1.54, 1.807) is 0 Å². The van der Waals surface area contributed by atoms with E-state index in [4.69, 9.17) is 39.0 Å². The molecule has 3 saturated heterocycles. The van der Waals surface area contributed by atoms with Crippen molar-refractivity contribution in [2.24, 2.45) is 0 Å². The van der Waals surface area contributed by atoms with Gasteiger partial charge in [-0.05, 0) is 0 Å². The van der Waals surface area contributed by atoms with Crippen molar-refractivity contribution in [1.82, 2.24) is 39.0 Å². The summed E-state index contributed by atoms with van der Waals surface area (Å²) < 4.78 is 60.5. The zero-order valence-electron chi connectivity index (χ0n) is 22.8. The number of fused-ring (bicyclic) bond motifs is 4. The monoisotopic (exact) mass is 690 g/mol. The lowest BCUT2D eigenvalue weighted by Crippen LogP contribution is -2.39. The summed E-state index contributed by atoms with van der Waals surface area (Å²) in [5.41, 5.74) is 9.28. The molecule has 26 heteroatoms. The molecule has 0 amide bonds. The van der Waals surface area contributed by atoms with E-state index in [2.05, 4.69) is 29.9 Å². The lowest BCUT2D eigenvalue weighted by Gasteiger charge is -2.27. The van der Waals surface area contributed by atoms with E-state index in [1.807, 2.05) is 0 Å². The van der Waals surface area contributed by atoms with Gasteiger partial charge < -0.3 is 40.9 Å². The van der Waals surface area contributed by atoms with Crippen LogP contribution in [0.25, 0.3) is 22.3 Å². The van der Waals surface area contributed by atoms with Gasteiger partial charge in [0.2, 0.25) is 11.9 Å². The number of ether oxygens (including phenoxy) is 2. The minimum atomic E-state index is -5.10. The number of phosphoric ester groups is 2. The molecule has 3 aliphatic rings. The van der Waals surface area contributed by atoms with E-state index < -0.39 is 89.1 Å². The Balaban J connectivity index is 1.18. The number of H-pyrrole nitrogens is 2. The number of hydrogen-bond donors (Lipinski definition) is 8. The summed E-state index contributed by atoms with van der Waals surface area (Å²) in [5.74, 6) is -0.561. The number of imidazole rings is 2. The maximum atomic E-state index is 13.1. The van der Waals surface area contributed by atoms with Crippen LogP contribution in [0.15, 0.2) is 22.2 Å². The number of anilines is 2. The van der Waals surface area contributed by atoms with Crippen molar-refractivity contribution in [2.45, 2.75) is 49.1 Å². The minimum absolute atomic E-state index is 0.121. The molecule has 0 aliphatic carbocycles. The van der Waals surface area contributed by atoms with Crippen LogP contribution in [-0.2, 0) is 36.7 Å². The lowest BCUT2D eigenvalue weighted by molar-refractivity contribution is -0.0664. The first-order valence-corrected chi connectivity index (χ1v) is 16.1. The van der Waals surface area contributed by atoms with E-state index in [-0.39, 0.29) is 34.2 Å². The van der Waals surface area contributed by atoms with Crippen LogP contribution in [0.5, 0.6) is 0 Å². The van der Waals surface area contributed by atoms with Crippen LogP contribution in [0.1, 0.15) is 12.5 Å². The van der Waals surface area contributed by atoms with Gasteiger partial charge in [0.1, 0.15) is 36.6 Å². The predicted octanol–water partition coefficient (Wildman–Crippen LogP) is -3.05. The predicted molar refractivity (Wildman–Crippen MR) is 146 cm³/mol. The van der Waals surface area contributed by atoms with Crippen LogP contribution in [0.2, 0.25) is 0 Å². The molecule has 4 aromatic rings. The van der Waals surface area contributed by atoms with Gasteiger partial charge in [-0.25, -0.2) is 19.1 Å². The van der Waals surface area contributed by atoms with Gasteiger partial charge in [0.15, 0.2) is 34.8 Å². The van der Waals surface area contributed by atoms with Gasteiger partial charge in [-0.15, -0.1) is 0 Å². The molecule has 7 heterocycles. The third kappa shape index (κ3) is 5.33. The van der Waals surface area contributed by atoms with Crippen molar-refractivity contribution < 1.29 is 56.7 Å². The number of nitrogens with two attached hydrogens (primary N) is 2. The van der Waals surface area contributed by atoms with Crippen molar-refractivity contribution in [3.05, 3.63) is 33.4 Å². The average molecular weight is 690 g/mol. The maximum Gasteiger partial charge on any atom is 0.472 e. The largest absolute Gasteiger partial charge is 0.472 e. The summed E-state index contributed by atoms with van der Waals surface area (Å²) in [6.45, 7) is -1.74. The molecule has 0 radical (unpaired) electrons. The van der Waals surface area contributed by atoms with Gasteiger partial charge in [-0.2, -0.15) is 9.97 Å². The van der Waals surface area contributed by atoms with Crippen molar-refractivity contribution in [1.29, 1.82) is 0 Å². The Morgan fingerprint density at radius 3 is 1.54 bits per heavy atom. The van der Waals surface area contributed by atoms with E-state index in [0.717, 1.165) is 21.8 Å². The highest BCUT2D eigenvalue weighted by atomic mass is 31.2. The van der Waals surface area contributed by atoms with Gasteiger partial charge in [0.25, 0.3) is 11.1 Å². The Morgan fingerprint density at radius 2 is 1.15 bits per heavy atom. The van der Waals surface area contributed by atoms with E-state index in [1.165, 1.54) is 0 Å². The topological polar surface area (TPSA) is 350 Å². The number of hydrogen-bond acceptors (Lipinski definition) is 18. The quantitative estimate of drug-likeness (QED) is 0.0968. The van der Waals surface area contributed by atoms with Crippen LogP contribution in [0, 0.1) is 0 Å². The first-order valence-electron chi connectivity index (χ1n) is 13.1. The van der Waals surface area contributed by atoms with E-state index in [0.29, 0.717) is 0 Å². The smallest absolute Gasteiger partial charge is 0.386 e. The van der Waals surface area contributed by atoms with Crippen molar-refractivity contribution in [2.75, 3.05) is 24.7 Å². The number of aromatic amines is 2. The Labute approximate surface area is 253 Å². The molecule has 0 saturated carbocycles. The van der Waals surface area contributed by atoms with Gasteiger partial charge in [-0.1, -0.05) is 0 Å². The fourth-order valence-electron chi connectivity index (χ4n) is 5.39. The van der Waals surface area contributed by atoms with Crippen molar-refractivity contribution in [3.63, 3.8) is 0 Å². The summed E-state index contributed by atoms with van der Waals surface area (Å²) in [6.07, 6.45) is -10.9. The molecule has 0 bridgehead atoms. The lowest BCUT2D eigenvalue weighted by atomic mass is 10.1. The number of aromatic nitrogens is 8. The Hall–Kier alpha value is -3.64. The molecule has 7 rings (SSSR count). The van der Waals surface area contributed by atoms with E-state index >= 15 is 0 Å². The Morgan fingerprint density at radius 1 is 0.761 bits per heavy atom. The molecular weight excluding hydrogens is 666 g/mol. The van der Waals surface area contributed by atoms with Crippen LogP contribution < -0.4 is 22.6 Å². The van der Waals surface area contributed by atoms with Gasteiger partial charge >= 0.3 is 15.6 Å². The second-order valence-corrected chi connectivity index (χ2v) is 13.1. The fraction of sp³-hybridized carbons (Fsp3) is 0.500. The maximum absolute atomic E-state index is 13.1. The number of phosphoric acid groups is 2. The van der Waals surface area contributed by atoms with E-state index in [9.17, 15) is 38.7 Å². The molecule has 10 atom stereocenters. The fourth-order valence-corrected chi connectivity index (χ4v) is 7.32. The molecule has 8 unspecified atom stereocenters. The second kappa shape index (κ2) is 11.0. The summed E-state index contributed by atoms with van der Waals surface area (Å²) >= 11 is 0. The van der Waals surface area contributed by atoms with Gasteiger partial charge in [0.05, 0.1) is 25.9 Å². The van der Waals surface area contributed by atoms with Crippen LogP contribution in [-0.4, -0.2) is 109 Å². The number of nitrogen functional groups attached to an aromatic ring is 2. The highest BCUT2D eigenvalue weighted by Gasteiger charge is 2.54. The SMILES string of the molecule is Nc1nc2c(ncn2C2O[C@@H]3COP(=O)(O)OC4C(COP(=O)(O)OC3C2O)OC(n2cnc3c(=O)[nH]c(N)nc32)[C@@H]4O)c(=O)[nH]1. The average Bonchev–Trinajstić information content (AvgIpc) is 3.72. The number of rotatable bonds is 2. The minimum Gasteiger partial charge on any atom is -0.386 e. The zero-order chi connectivity index (χ0) is 32.7. The molecule has 248 valence electrons. The second-order valence-electron chi connectivity index (χ2n) is 10.3. The molecule has 24 nitrogen and oxygen atoms in total. The number of aliphatic hydroxyl groups is 2. The summed E-state index contributed by atoms with van der Waals surface area (Å²) in [7, 11) is -10.2. The summed E-state index contributed by atoms with van der Waals surface area (Å²) in [4.78, 5) is 65.9. The highest BCUT2D eigenvalue weighted by molar-refractivity contribution is 7.47. The third-order valence-corrected chi connectivity index (χ3v) is 9.35. The summed E-state index contributed by atoms with van der Waals surface area (Å²) in [5, 5.41) is 22.2. The first kappa shape index (κ1) is 31.0. The van der Waals surface area contributed by atoms with Crippen LogP contribution >= 0.6 is 15.6 Å². The molecule has 0 spiro atoms. The molecular formula is C20H24N10O14P2. The molecule has 0 aromatic carbocycles. The number of nitrogens with zero attached hydrogens (tertiary/aromatic N) is 6. The standard InChI is InChI=1S/C20H24N10O14P2/c21-19-25-13-7(15(33)27-19)23-3-29(13)17-9(31)11-5(41-17)1-39-45(35,36)44-12-6(2-40-46(37,38)43-11)42-18(10(12)32)30-4-24-8-14(30)26-20(22)28-16(8)34/h3-6,9-12,17-18,31-32H,1-2H2,(H,35,36)(H,37,38)(H3,21,25,27,33)(H3,22,26,28,34)/t5-,6?,9?,10-,11?,12?,17?,18?/m1/s1. The molecule has 3 aliphatic heterocycles. The van der Waals surface area contributed by atoms with Crippen LogP contribution in [0.3, 0.4) is 0 Å². The summed E-state index contributed by atoms with van der Waals surface area (Å²) in [6, 6.07) is 0. The Kier molecular flexibility index (Phi) is 7.39. The molecule has 46 heavy (non-hydrogen) atoms. The van der Waals surface area contributed by atoms with Crippen molar-refractivity contribution >= 4 is 49.9 Å². The normalized spacial score (nSPS) is 37.1. The van der Waals surface area contributed by atoms with Gasteiger partial charge in [0, 0.05) is 0 Å². The zero-order valence-corrected chi connectivity index (χ0v) is 24.6. The van der Waals surface area contributed by atoms with Crippen LogP contribution in [0.4, 0.5) is 11.9 Å². The van der Waals surface area contributed by atoms with Crippen molar-refractivity contribution in [3.8, 4) is 0 Å². The molecule has 10 N–H and O–H groups in total. The number of nitrogens with one attached hydrogen (secondary N) is 2.